The summed E-state index contributed by atoms with van der Waals surface area (Å²) in [6.45, 7) is 0. The van der Waals surface area contributed by atoms with Crippen LogP contribution in [-0.2, 0) is 0 Å². The maximum Gasteiger partial charge on any atom is -0.0111 e. The van der Waals surface area contributed by atoms with E-state index >= 15 is 0 Å². The lowest BCUT2D eigenvalue weighted by Crippen LogP contribution is -2.14. The Morgan fingerprint density at radius 3 is 0.786 bits per heavy atom. The fourth-order valence-corrected chi connectivity index (χ4v) is 35.8. The molecule has 1 saturated heterocycles. The highest BCUT2D eigenvalue weighted by atomic mass is 32.7. The third-order valence-electron chi connectivity index (χ3n) is 8.21. The van der Waals surface area contributed by atoms with Crippen LogP contribution in [0, 0.1) is 0 Å². The first-order chi connectivity index (χ1) is 20.9. The minimum absolute atomic E-state index is 0.306. The third kappa shape index (κ3) is 9.55. The van der Waals surface area contributed by atoms with Gasteiger partial charge in [0.05, 0.1) is 0 Å². The van der Waals surface area contributed by atoms with E-state index in [9.17, 15) is 0 Å². The van der Waals surface area contributed by atoms with Crippen LogP contribution in [0.1, 0.15) is 77.0 Å². The van der Waals surface area contributed by atoms with E-state index in [4.69, 9.17) is 0 Å². The Kier molecular flexibility index (Phi) is 14.0. The van der Waals surface area contributed by atoms with Gasteiger partial charge in [-0.05, 0) is 76.2 Å². The van der Waals surface area contributed by atoms with E-state index < -0.39 is 0 Å². The predicted molar refractivity (Wildman–Crippen MR) is 197 cm³/mol. The number of hydrogen-bond acceptors (Lipinski definition) is 0. The standard InChI is InChI=1S/C38H48P4/c1-2-4-6-8-10-24-34-40(36-27-17-12-18-28-36)42(38-31-21-14-22-32-38)41(37-29-19-13-20-30-37)39(33-23-9-7-5-3-1)35-25-15-11-16-26-35/h11-22,25-32H,1-10,23-24,33-34H2. The molecule has 4 aromatic carbocycles. The Bertz CT molecular complexity index is 1150. The van der Waals surface area contributed by atoms with Gasteiger partial charge < -0.3 is 0 Å². The molecule has 0 N–H and O–H groups in total. The van der Waals surface area contributed by atoms with Crippen LogP contribution in [0.3, 0.4) is 0 Å². The molecule has 4 heteroatoms. The summed E-state index contributed by atoms with van der Waals surface area (Å²) in [4.78, 5) is 0. The van der Waals surface area contributed by atoms with Crippen LogP contribution in [-0.4, -0.2) is 12.3 Å². The van der Waals surface area contributed by atoms with Gasteiger partial charge in [-0.2, -0.15) is 0 Å². The molecular formula is C38H48P4. The molecular weight excluding hydrogens is 580 g/mol. The molecule has 0 nitrogen and oxygen atoms in total. The molecule has 1 aliphatic heterocycles. The van der Waals surface area contributed by atoms with Crippen molar-refractivity contribution in [2.75, 3.05) is 12.3 Å². The van der Waals surface area contributed by atoms with Gasteiger partial charge in [0, 0.05) is 0 Å². The second-order valence-corrected chi connectivity index (χ2v) is 26.7. The van der Waals surface area contributed by atoms with Crippen LogP contribution in [0.25, 0.3) is 0 Å². The first-order valence-electron chi connectivity index (χ1n) is 16.3. The summed E-state index contributed by atoms with van der Waals surface area (Å²) < 4.78 is 0. The lowest BCUT2D eigenvalue weighted by Gasteiger charge is -2.40. The monoisotopic (exact) mass is 628 g/mol. The highest BCUT2D eigenvalue weighted by Crippen LogP contribution is 2.94. The molecule has 0 radical (unpaired) electrons. The van der Waals surface area contributed by atoms with E-state index in [0.29, 0.717) is 0 Å². The smallest absolute Gasteiger partial charge is 0.0111 e. The molecule has 4 unspecified atom stereocenters. The summed E-state index contributed by atoms with van der Waals surface area (Å²) >= 11 is 0. The molecule has 0 amide bonds. The van der Waals surface area contributed by atoms with Crippen molar-refractivity contribution in [1.29, 1.82) is 0 Å². The molecule has 220 valence electrons. The predicted octanol–water partition coefficient (Wildman–Crippen LogP) is 11.7. The van der Waals surface area contributed by atoms with Crippen molar-refractivity contribution in [3.8, 4) is 0 Å². The zero-order chi connectivity index (χ0) is 28.7. The van der Waals surface area contributed by atoms with Crippen LogP contribution in [0.4, 0.5) is 0 Å². The van der Waals surface area contributed by atoms with Gasteiger partial charge >= 0.3 is 0 Å². The second-order valence-electron chi connectivity index (χ2n) is 11.4. The van der Waals surface area contributed by atoms with E-state index in [0.717, 1.165) is 0 Å². The highest BCUT2D eigenvalue weighted by Gasteiger charge is 2.37. The maximum atomic E-state index is 2.49. The summed E-state index contributed by atoms with van der Waals surface area (Å²) in [7, 11) is -1.37. The van der Waals surface area contributed by atoms with Crippen molar-refractivity contribution in [1.82, 2.24) is 0 Å². The van der Waals surface area contributed by atoms with Crippen molar-refractivity contribution in [2.45, 2.75) is 77.0 Å². The van der Waals surface area contributed by atoms with E-state index in [2.05, 4.69) is 121 Å². The van der Waals surface area contributed by atoms with Gasteiger partial charge in [0.15, 0.2) is 0 Å². The Labute approximate surface area is 260 Å². The second kappa shape index (κ2) is 18.4. The Morgan fingerprint density at radius 2 is 0.500 bits per heavy atom. The summed E-state index contributed by atoms with van der Waals surface area (Å²) in [5.74, 6) is 0. The van der Waals surface area contributed by atoms with Crippen LogP contribution >= 0.6 is 29.8 Å². The lowest BCUT2D eigenvalue weighted by atomic mass is 10.1. The maximum absolute atomic E-state index is 2.49. The molecule has 0 spiro atoms. The van der Waals surface area contributed by atoms with Gasteiger partial charge in [-0.25, -0.2) is 0 Å². The molecule has 5 rings (SSSR count). The molecule has 1 aliphatic rings. The SMILES string of the molecule is c1ccc(P2CCCCCCCCCCCCCCP(c3ccccc3)P(c3ccccc3)P2c2ccccc2)cc1. The average Bonchev–Trinajstić information content (AvgIpc) is 3.06. The van der Waals surface area contributed by atoms with Crippen molar-refractivity contribution in [2.24, 2.45) is 0 Å². The first-order valence-corrected chi connectivity index (χ1v) is 24.1. The summed E-state index contributed by atoms with van der Waals surface area (Å²) in [6.07, 6.45) is 19.7. The fraction of sp³-hybridized carbons (Fsp3) is 0.368. The molecule has 0 aromatic heterocycles. The van der Waals surface area contributed by atoms with Gasteiger partial charge in [0.1, 0.15) is 0 Å². The van der Waals surface area contributed by atoms with Crippen LogP contribution in [0.5, 0.6) is 0 Å². The molecule has 42 heavy (non-hydrogen) atoms. The molecule has 1 heterocycles. The number of hydrogen-bond donors (Lipinski definition) is 0. The lowest BCUT2D eigenvalue weighted by molar-refractivity contribution is 0.549. The topological polar surface area (TPSA) is 0 Å². The van der Waals surface area contributed by atoms with Gasteiger partial charge in [-0.15, -0.1) is 0 Å². The number of rotatable bonds is 4. The van der Waals surface area contributed by atoms with Crippen LogP contribution in [0.2, 0.25) is 0 Å². The molecule has 0 saturated carbocycles. The minimum atomic E-state index is -0.381. The largest absolute Gasteiger partial charge is 0.0622 e. The Morgan fingerprint density at radius 1 is 0.262 bits per heavy atom. The van der Waals surface area contributed by atoms with Crippen molar-refractivity contribution in [3.05, 3.63) is 121 Å². The van der Waals surface area contributed by atoms with Gasteiger partial charge in [-0.3, -0.25) is 0 Å². The van der Waals surface area contributed by atoms with Crippen molar-refractivity contribution in [3.63, 3.8) is 0 Å². The summed E-state index contributed by atoms with van der Waals surface area (Å²) in [6, 6.07) is 47.2. The van der Waals surface area contributed by atoms with E-state index in [1.54, 1.807) is 21.2 Å². The van der Waals surface area contributed by atoms with Gasteiger partial charge in [0.2, 0.25) is 0 Å². The van der Waals surface area contributed by atoms with Crippen LogP contribution < -0.4 is 21.2 Å². The van der Waals surface area contributed by atoms with Gasteiger partial charge in [0.25, 0.3) is 0 Å². The molecule has 4 atom stereocenters. The van der Waals surface area contributed by atoms with Crippen molar-refractivity contribution < 1.29 is 0 Å². The average molecular weight is 629 g/mol. The zero-order valence-corrected chi connectivity index (χ0v) is 28.8. The summed E-state index contributed by atoms with van der Waals surface area (Å²) in [5.41, 5.74) is 0. The normalized spacial score (nSPS) is 23.8. The van der Waals surface area contributed by atoms with E-state index in [-0.39, 0.29) is 29.8 Å². The molecule has 0 aliphatic carbocycles. The minimum Gasteiger partial charge on any atom is -0.0622 e. The number of benzene rings is 4. The Balaban J connectivity index is 1.62. The highest BCUT2D eigenvalue weighted by molar-refractivity contribution is 8.81. The molecule has 4 aromatic rings. The first kappa shape index (κ1) is 32.0. The van der Waals surface area contributed by atoms with E-state index in [1.807, 2.05) is 0 Å². The molecule has 0 bridgehead atoms. The fourth-order valence-electron chi connectivity index (χ4n) is 5.98. The van der Waals surface area contributed by atoms with Crippen LogP contribution in [0.15, 0.2) is 121 Å². The Hall–Kier alpha value is -1.40. The molecule has 1 fully saturated rings. The summed E-state index contributed by atoms with van der Waals surface area (Å²) in [5, 5.41) is 6.53. The zero-order valence-electron chi connectivity index (χ0n) is 25.2. The van der Waals surface area contributed by atoms with Gasteiger partial charge in [-0.1, -0.05) is 186 Å². The van der Waals surface area contributed by atoms with E-state index in [1.165, 1.54) is 89.4 Å². The quantitative estimate of drug-likeness (QED) is 0.197. The third-order valence-corrected chi connectivity index (χ3v) is 31.8. The van der Waals surface area contributed by atoms with Crippen molar-refractivity contribution >= 4 is 51.0 Å².